The molecule has 138 valence electrons. The van der Waals surface area contributed by atoms with E-state index in [2.05, 4.69) is 10.6 Å². The lowest BCUT2D eigenvalue weighted by Gasteiger charge is -2.29. The van der Waals surface area contributed by atoms with Gasteiger partial charge < -0.3 is 10.6 Å². The molecule has 0 aliphatic carbocycles. The zero-order valence-corrected chi connectivity index (χ0v) is 16.0. The van der Waals surface area contributed by atoms with Crippen molar-refractivity contribution in [2.45, 2.75) is 29.5 Å². The van der Waals surface area contributed by atoms with Gasteiger partial charge in [0.1, 0.15) is 0 Å². The predicted molar refractivity (Wildman–Crippen MR) is 106 cm³/mol. The van der Waals surface area contributed by atoms with E-state index in [4.69, 9.17) is 11.6 Å². The Bertz CT molecular complexity index is 980. The molecule has 0 bridgehead atoms. The van der Waals surface area contributed by atoms with E-state index in [-0.39, 0.29) is 17.7 Å². The lowest BCUT2D eigenvalue weighted by atomic mass is 10.1. The van der Waals surface area contributed by atoms with Gasteiger partial charge in [0.05, 0.1) is 16.4 Å². The van der Waals surface area contributed by atoms with E-state index in [1.807, 2.05) is 24.3 Å². The third-order valence-electron chi connectivity index (χ3n) is 4.57. The summed E-state index contributed by atoms with van der Waals surface area (Å²) in [5, 5.41) is 5.80. The average molecular weight is 402 g/mol. The highest BCUT2D eigenvalue weighted by molar-refractivity contribution is 8.02. The van der Waals surface area contributed by atoms with Gasteiger partial charge >= 0.3 is 0 Å². The van der Waals surface area contributed by atoms with Crippen molar-refractivity contribution in [1.82, 2.24) is 0 Å². The van der Waals surface area contributed by atoms with Gasteiger partial charge in [0.15, 0.2) is 4.87 Å². The summed E-state index contributed by atoms with van der Waals surface area (Å²) in [6.07, 6.45) is 0.753. The van der Waals surface area contributed by atoms with Crippen LogP contribution in [-0.4, -0.2) is 22.6 Å². The van der Waals surface area contributed by atoms with Crippen molar-refractivity contribution in [3.05, 3.63) is 47.5 Å². The zero-order valence-electron chi connectivity index (χ0n) is 14.4. The lowest BCUT2D eigenvalue weighted by molar-refractivity contribution is -0.121. The summed E-state index contributed by atoms with van der Waals surface area (Å²) < 4.78 is 0. The van der Waals surface area contributed by atoms with Gasteiger partial charge in [-0.3, -0.25) is 19.3 Å². The fraction of sp³-hybridized carbons (Fsp3) is 0.211. The van der Waals surface area contributed by atoms with Crippen LogP contribution in [0.25, 0.3) is 0 Å². The Hall–Kier alpha value is -2.51. The first-order chi connectivity index (χ1) is 12.9. The molecule has 2 aromatic carbocycles. The van der Waals surface area contributed by atoms with Gasteiger partial charge in [-0.25, -0.2) is 0 Å². The summed E-state index contributed by atoms with van der Waals surface area (Å²) in [4.78, 5) is 38.3. The molecule has 2 aliphatic rings. The summed E-state index contributed by atoms with van der Waals surface area (Å²) in [7, 11) is 0. The first kappa shape index (κ1) is 17.9. The summed E-state index contributed by atoms with van der Waals surface area (Å²) >= 11 is 7.66. The van der Waals surface area contributed by atoms with Crippen molar-refractivity contribution in [3.63, 3.8) is 0 Å². The van der Waals surface area contributed by atoms with E-state index in [0.29, 0.717) is 29.2 Å². The van der Waals surface area contributed by atoms with Crippen LogP contribution in [0.15, 0.2) is 47.4 Å². The molecule has 2 N–H and O–H groups in total. The highest BCUT2D eigenvalue weighted by Gasteiger charge is 2.57. The quantitative estimate of drug-likeness (QED) is 0.818. The molecule has 2 heterocycles. The van der Waals surface area contributed by atoms with Gasteiger partial charge in [-0.15, -0.1) is 0 Å². The van der Waals surface area contributed by atoms with Gasteiger partial charge in [0.25, 0.3) is 5.91 Å². The molecule has 1 saturated heterocycles. The van der Waals surface area contributed by atoms with Crippen LogP contribution >= 0.6 is 23.4 Å². The number of nitrogens with one attached hydrogen (secondary N) is 2. The van der Waals surface area contributed by atoms with Crippen LogP contribution in [-0.2, 0) is 14.4 Å². The van der Waals surface area contributed by atoms with Gasteiger partial charge in [0.2, 0.25) is 11.8 Å². The molecule has 0 aromatic heterocycles. The van der Waals surface area contributed by atoms with Crippen LogP contribution < -0.4 is 15.5 Å². The Labute approximate surface area is 165 Å². The molecule has 1 atom stereocenters. The smallest absolute Gasteiger partial charge is 0.261 e. The predicted octanol–water partition coefficient (Wildman–Crippen LogP) is 3.87. The molecular weight excluding hydrogens is 386 g/mol. The molecule has 8 heteroatoms. The number of thioether (sulfide) groups is 1. The van der Waals surface area contributed by atoms with E-state index >= 15 is 0 Å². The Morgan fingerprint density at radius 1 is 1.19 bits per heavy atom. The minimum atomic E-state index is -1.000. The number of rotatable bonds is 3. The molecule has 0 spiro atoms. The van der Waals surface area contributed by atoms with Gasteiger partial charge in [-0.05, 0) is 36.8 Å². The standard InChI is InChI=1S/C19H16ClN3O3S/c1-11(24)21-12-6-7-14(13(20)10-12)22-18(26)19-9-8-17(25)23(19)15-4-2-3-5-16(15)27-19/h2-7,10H,8-9H2,1H3,(H,21,24)(H,22,26). The topological polar surface area (TPSA) is 78.5 Å². The van der Waals surface area contributed by atoms with Crippen molar-refractivity contribution in [1.29, 1.82) is 0 Å². The average Bonchev–Trinajstić information content (AvgIpc) is 3.13. The van der Waals surface area contributed by atoms with Crippen LogP contribution in [0.5, 0.6) is 0 Å². The Balaban J connectivity index is 1.62. The highest BCUT2D eigenvalue weighted by atomic mass is 35.5. The van der Waals surface area contributed by atoms with E-state index in [0.717, 1.165) is 10.6 Å². The third kappa shape index (κ3) is 2.96. The van der Waals surface area contributed by atoms with Crippen LogP contribution in [0, 0.1) is 0 Å². The molecule has 6 nitrogen and oxygen atoms in total. The maximum atomic E-state index is 13.2. The number of carbonyl (C=O) groups excluding carboxylic acids is 3. The van der Waals surface area contributed by atoms with Gasteiger partial charge in [-0.2, -0.15) is 0 Å². The minimum Gasteiger partial charge on any atom is -0.326 e. The normalized spacial score (nSPS) is 20.2. The molecule has 3 amide bonds. The number of hydrogen-bond acceptors (Lipinski definition) is 4. The van der Waals surface area contributed by atoms with Crippen LogP contribution in [0.4, 0.5) is 17.1 Å². The molecular formula is C19H16ClN3O3S. The van der Waals surface area contributed by atoms with Crippen molar-refractivity contribution in [2.75, 3.05) is 15.5 Å². The minimum absolute atomic E-state index is 0.0605. The van der Waals surface area contributed by atoms with Gasteiger partial charge in [0, 0.05) is 23.9 Å². The number of carbonyl (C=O) groups is 3. The summed E-state index contributed by atoms with van der Waals surface area (Å²) in [6, 6.07) is 12.4. The second-order valence-electron chi connectivity index (χ2n) is 6.41. The number of amides is 3. The van der Waals surface area contributed by atoms with Crippen molar-refractivity contribution in [2.24, 2.45) is 0 Å². The number of benzene rings is 2. The molecule has 1 fully saturated rings. The van der Waals surface area contributed by atoms with Crippen LogP contribution in [0.2, 0.25) is 5.02 Å². The molecule has 1 unspecified atom stereocenters. The largest absolute Gasteiger partial charge is 0.326 e. The monoisotopic (exact) mass is 401 g/mol. The molecule has 2 aliphatic heterocycles. The van der Waals surface area contributed by atoms with Crippen molar-refractivity contribution >= 4 is 58.1 Å². The number of halogens is 1. The highest BCUT2D eigenvalue weighted by Crippen LogP contribution is 2.56. The third-order valence-corrected chi connectivity index (χ3v) is 6.35. The first-order valence-corrected chi connectivity index (χ1v) is 9.60. The zero-order chi connectivity index (χ0) is 19.2. The van der Waals surface area contributed by atoms with Crippen LogP contribution in [0.3, 0.4) is 0 Å². The van der Waals surface area contributed by atoms with Crippen molar-refractivity contribution < 1.29 is 14.4 Å². The number of anilines is 3. The molecule has 2 aromatic rings. The second kappa shape index (κ2) is 6.58. The number of hydrogen-bond donors (Lipinski definition) is 2. The fourth-order valence-corrected chi connectivity index (χ4v) is 5.06. The maximum absolute atomic E-state index is 13.2. The van der Waals surface area contributed by atoms with E-state index < -0.39 is 4.87 Å². The molecule has 0 radical (unpaired) electrons. The fourth-order valence-electron chi connectivity index (χ4n) is 3.42. The lowest BCUT2D eigenvalue weighted by Crippen LogP contribution is -2.49. The Morgan fingerprint density at radius 2 is 1.96 bits per heavy atom. The van der Waals surface area contributed by atoms with Gasteiger partial charge in [-0.1, -0.05) is 35.5 Å². The van der Waals surface area contributed by atoms with E-state index in [1.165, 1.54) is 18.7 Å². The Morgan fingerprint density at radius 3 is 2.70 bits per heavy atom. The molecule has 0 saturated carbocycles. The molecule has 27 heavy (non-hydrogen) atoms. The first-order valence-electron chi connectivity index (χ1n) is 8.40. The van der Waals surface area contributed by atoms with E-state index in [1.54, 1.807) is 23.1 Å². The Kier molecular flexibility index (Phi) is 4.36. The van der Waals surface area contributed by atoms with Crippen molar-refractivity contribution in [3.8, 4) is 0 Å². The second-order valence-corrected chi connectivity index (χ2v) is 8.14. The number of para-hydroxylation sites is 1. The summed E-state index contributed by atoms with van der Waals surface area (Å²) in [5.74, 6) is -0.555. The summed E-state index contributed by atoms with van der Waals surface area (Å²) in [5.41, 5.74) is 1.75. The number of fused-ring (bicyclic) bond motifs is 3. The maximum Gasteiger partial charge on any atom is 0.261 e. The van der Waals surface area contributed by atoms with E-state index in [9.17, 15) is 14.4 Å². The number of nitrogens with zero attached hydrogens (tertiary/aromatic N) is 1. The SMILES string of the molecule is CC(=O)Nc1ccc(NC(=O)C23CCC(=O)N2c2ccccc2S3)c(Cl)c1. The summed E-state index contributed by atoms with van der Waals surface area (Å²) in [6.45, 7) is 1.41. The van der Waals surface area contributed by atoms with Crippen LogP contribution in [0.1, 0.15) is 19.8 Å². The molecule has 4 rings (SSSR count).